The number of halogens is 1. The molecule has 1 heterocycles. The first-order chi connectivity index (χ1) is 20.2. The lowest BCUT2D eigenvalue weighted by Crippen LogP contribution is -1.96. The van der Waals surface area contributed by atoms with E-state index in [1.165, 1.54) is 11.1 Å². The molecule has 2 nitrogen and oxygen atoms in total. The molecule has 0 atom stereocenters. The molecule has 0 aliphatic carbocycles. The molecular formula is C38H25ClN2. The van der Waals surface area contributed by atoms with E-state index in [1.54, 1.807) is 0 Å². The van der Waals surface area contributed by atoms with Gasteiger partial charge in [0.15, 0.2) is 5.82 Å². The second-order valence-electron chi connectivity index (χ2n) is 10.1. The molecule has 0 amide bonds. The second kappa shape index (κ2) is 10.8. The molecule has 0 bridgehead atoms. The molecule has 0 N–H and O–H groups in total. The van der Waals surface area contributed by atoms with Gasteiger partial charge in [0.2, 0.25) is 0 Å². The van der Waals surface area contributed by atoms with Crippen molar-refractivity contribution in [2.24, 2.45) is 0 Å². The molecular weight excluding hydrogens is 520 g/mol. The Balaban J connectivity index is 1.31. The number of aromatic nitrogens is 2. The molecule has 3 heteroatoms. The minimum atomic E-state index is 0.707. The van der Waals surface area contributed by atoms with Crippen LogP contribution >= 0.6 is 11.6 Å². The summed E-state index contributed by atoms with van der Waals surface area (Å²) in [7, 11) is 0. The average molecular weight is 545 g/mol. The van der Waals surface area contributed by atoms with Crippen molar-refractivity contribution in [1.29, 1.82) is 0 Å². The van der Waals surface area contributed by atoms with Crippen molar-refractivity contribution in [1.82, 2.24) is 9.97 Å². The highest BCUT2D eigenvalue weighted by atomic mass is 35.5. The van der Waals surface area contributed by atoms with Gasteiger partial charge >= 0.3 is 0 Å². The molecule has 7 aromatic rings. The first kappa shape index (κ1) is 25.0. The third-order valence-corrected chi connectivity index (χ3v) is 7.57. The Morgan fingerprint density at radius 1 is 0.341 bits per heavy atom. The van der Waals surface area contributed by atoms with Crippen LogP contribution in [0.1, 0.15) is 0 Å². The van der Waals surface area contributed by atoms with Crippen LogP contribution in [0.25, 0.3) is 66.9 Å². The maximum absolute atomic E-state index is 6.20. The molecule has 1 aromatic heterocycles. The maximum atomic E-state index is 6.20. The van der Waals surface area contributed by atoms with Crippen LogP contribution in [-0.4, -0.2) is 9.97 Å². The van der Waals surface area contributed by atoms with Crippen molar-refractivity contribution in [3.8, 4) is 56.2 Å². The molecule has 0 spiro atoms. The Bertz CT molecular complexity index is 1980. The van der Waals surface area contributed by atoms with Crippen LogP contribution in [0.2, 0.25) is 5.02 Å². The molecule has 0 aliphatic rings. The zero-order chi connectivity index (χ0) is 27.6. The van der Waals surface area contributed by atoms with Gasteiger partial charge in [-0.3, -0.25) is 0 Å². The summed E-state index contributed by atoms with van der Waals surface area (Å²) in [4.78, 5) is 10.0. The molecule has 0 unspecified atom stereocenters. The third kappa shape index (κ3) is 5.26. The number of benzene rings is 6. The van der Waals surface area contributed by atoms with Crippen molar-refractivity contribution in [2.45, 2.75) is 0 Å². The summed E-state index contributed by atoms with van der Waals surface area (Å²) >= 11 is 6.20. The van der Waals surface area contributed by atoms with Crippen LogP contribution in [0.5, 0.6) is 0 Å². The molecule has 194 valence electrons. The van der Waals surface area contributed by atoms with E-state index in [4.69, 9.17) is 21.6 Å². The van der Waals surface area contributed by atoms with Crippen molar-refractivity contribution < 1.29 is 0 Å². The van der Waals surface area contributed by atoms with E-state index in [1.807, 2.05) is 36.4 Å². The normalized spacial score (nSPS) is 11.0. The monoisotopic (exact) mass is 544 g/mol. The highest BCUT2D eigenvalue weighted by Crippen LogP contribution is 2.32. The van der Waals surface area contributed by atoms with Crippen LogP contribution in [0.4, 0.5) is 0 Å². The Labute approximate surface area is 244 Å². The summed E-state index contributed by atoms with van der Waals surface area (Å²) in [5.74, 6) is 0.707. The van der Waals surface area contributed by atoms with Crippen molar-refractivity contribution in [3.63, 3.8) is 0 Å². The highest BCUT2D eigenvalue weighted by molar-refractivity contribution is 6.31. The predicted molar refractivity (Wildman–Crippen MR) is 172 cm³/mol. The molecule has 0 radical (unpaired) electrons. The van der Waals surface area contributed by atoms with Gasteiger partial charge in [0.1, 0.15) is 0 Å². The Morgan fingerprint density at radius 3 is 1.61 bits per heavy atom. The van der Waals surface area contributed by atoms with E-state index in [-0.39, 0.29) is 0 Å². The smallest absolute Gasteiger partial charge is 0.160 e. The van der Waals surface area contributed by atoms with Gasteiger partial charge in [0.25, 0.3) is 0 Å². The summed E-state index contributed by atoms with van der Waals surface area (Å²) in [6.45, 7) is 0. The Morgan fingerprint density at radius 2 is 0.854 bits per heavy atom. The van der Waals surface area contributed by atoms with Crippen LogP contribution in [0.3, 0.4) is 0 Å². The van der Waals surface area contributed by atoms with E-state index >= 15 is 0 Å². The first-order valence-electron chi connectivity index (χ1n) is 13.6. The van der Waals surface area contributed by atoms with Crippen molar-refractivity contribution in [2.75, 3.05) is 0 Å². The van der Waals surface area contributed by atoms with E-state index in [9.17, 15) is 0 Å². The van der Waals surface area contributed by atoms with E-state index in [2.05, 4.69) is 115 Å². The van der Waals surface area contributed by atoms with Gasteiger partial charge in [-0.05, 0) is 63.4 Å². The van der Waals surface area contributed by atoms with Gasteiger partial charge in [-0.25, -0.2) is 9.97 Å². The highest BCUT2D eigenvalue weighted by Gasteiger charge is 2.12. The van der Waals surface area contributed by atoms with Crippen LogP contribution in [0.15, 0.2) is 152 Å². The molecule has 0 saturated heterocycles. The van der Waals surface area contributed by atoms with E-state index < -0.39 is 0 Å². The lowest BCUT2D eigenvalue weighted by atomic mass is 9.98. The lowest BCUT2D eigenvalue weighted by molar-refractivity contribution is 1.18. The van der Waals surface area contributed by atoms with Crippen LogP contribution in [-0.2, 0) is 0 Å². The van der Waals surface area contributed by atoms with E-state index in [0.29, 0.717) is 5.82 Å². The summed E-state index contributed by atoms with van der Waals surface area (Å²) in [5, 5.41) is 3.03. The maximum Gasteiger partial charge on any atom is 0.160 e. The predicted octanol–water partition coefficient (Wildman–Crippen LogP) is 10.6. The molecule has 0 fully saturated rings. The average Bonchev–Trinajstić information content (AvgIpc) is 3.05. The summed E-state index contributed by atoms with van der Waals surface area (Å²) in [6.07, 6.45) is 0. The quantitative estimate of drug-likeness (QED) is 0.215. The van der Waals surface area contributed by atoms with Crippen molar-refractivity contribution >= 4 is 22.4 Å². The molecule has 7 rings (SSSR count). The number of hydrogen-bond acceptors (Lipinski definition) is 2. The van der Waals surface area contributed by atoms with Gasteiger partial charge in [-0.1, -0.05) is 133 Å². The fraction of sp³-hybridized carbons (Fsp3) is 0. The summed E-state index contributed by atoms with van der Waals surface area (Å²) in [6, 6.07) is 52.3. The van der Waals surface area contributed by atoms with Gasteiger partial charge in [-0.15, -0.1) is 0 Å². The lowest BCUT2D eigenvalue weighted by Gasteiger charge is -2.11. The fourth-order valence-electron chi connectivity index (χ4n) is 5.18. The molecule has 6 aromatic carbocycles. The minimum Gasteiger partial charge on any atom is -0.228 e. The fourth-order valence-corrected chi connectivity index (χ4v) is 5.36. The summed E-state index contributed by atoms with van der Waals surface area (Å²) in [5.41, 5.74) is 9.51. The number of nitrogens with zero attached hydrogens (tertiary/aromatic N) is 2. The van der Waals surface area contributed by atoms with Crippen molar-refractivity contribution in [3.05, 3.63) is 157 Å². The van der Waals surface area contributed by atoms with Crippen LogP contribution in [0, 0.1) is 0 Å². The van der Waals surface area contributed by atoms with E-state index in [0.717, 1.165) is 55.0 Å². The van der Waals surface area contributed by atoms with Gasteiger partial charge in [0.05, 0.1) is 11.4 Å². The largest absolute Gasteiger partial charge is 0.228 e. The van der Waals surface area contributed by atoms with Gasteiger partial charge < -0.3 is 0 Å². The summed E-state index contributed by atoms with van der Waals surface area (Å²) < 4.78 is 0. The van der Waals surface area contributed by atoms with Gasteiger partial charge in [-0.2, -0.15) is 0 Å². The zero-order valence-corrected chi connectivity index (χ0v) is 23.0. The Hall–Kier alpha value is -5.05. The SMILES string of the molecule is Clc1ccc2cc(-c3cccc(-c4cc(-c5ccc(-c6ccccc6)cc5)nc(-c5ccccc5)n4)c3)ccc2c1. The number of rotatable bonds is 5. The molecule has 0 saturated carbocycles. The third-order valence-electron chi connectivity index (χ3n) is 7.34. The topological polar surface area (TPSA) is 25.8 Å². The number of fused-ring (bicyclic) bond motifs is 1. The van der Waals surface area contributed by atoms with Gasteiger partial charge in [0, 0.05) is 21.7 Å². The standard InChI is InChI=1S/C38H25ClN2/c39-35-21-20-32-22-31(18-19-33(32)24-35)30-12-7-13-34(23-30)37-25-36(40-38(41-37)29-10-5-2-6-11-29)28-16-14-27(15-17-28)26-8-3-1-4-9-26/h1-25H. The molecule has 41 heavy (non-hydrogen) atoms. The second-order valence-corrected chi connectivity index (χ2v) is 10.5. The minimum absolute atomic E-state index is 0.707. The zero-order valence-electron chi connectivity index (χ0n) is 22.2. The van der Waals surface area contributed by atoms with Crippen LogP contribution < -0.4 is 0 Å². The first-order valence-corrected chi connectivity index (χ1v) is 14.0. The number of hydrogen-bond donors (Lipinski definition) is 0. The Kier molecular flexibility index (Phi) is 6.60. The molecule has 0 aliphatic heterocycles.